The van der Waals surface area contributed by atoms with Gasteiger partial charge in [-0.3, -0.25) is 14.5 Å². The number of amides is 2. The Balaban J connectivity index is 1.94. The minimum atomic E-state index is -0.749. The number of carbonyl (C=O) groups is 2. The average molecular weight is 348 g/mol. The standard InChI is InChI=1S/C19H25FN2O3/c1-13(2)21-17(23)16-12-25-19(9-4-3-5-10-19)22(16)18(24)14-7-6-8-15(20)11-14/h6-8,11,13,16H,3-5,9-10,12H2,1-2H3,(H,21,23). The van der Waals surface area contributed by atoms with Gasteiger partial charge in [0, 0.05) is 11.6 Å². The van der Waals surface area contributed by atoms with Gasteiger partial charge in [-0.15, -0.1) is 0 Å². The summed E-state index contributed by atoms with van der Waals surface area (Å²) in [5, 5.41) is 2.87. The normalized spacial score (nSPS) is 22.4. The molecule has 5 nitrogen and oxygen atoms in total. The van der Waals surface area contributed by atoms with Crippen LogP contribution in [0.4, 0.5) is 4.39 Å². The maximum Gasteiger partial charge on any atom is 0.256 e. The van der Waals surface area contributed by atoms with Crippen LogP contribution in [0.1, 0.15) is 56.3 Å². The number of ether oxygens (including phenoxy) is 1. The third-order valence-electron chi connectivity index (χ3n) is 4.92. The van der Waals surface area contributed by atoms with Crippen molar-refractivity contribution in [2.24, 2.45) is 0 Å². The molecule has 136 valence electrons. The second kappa shape index (κ2) is 7.12. The lowest BCUT2D eigenvalue weighted by Crippen LogP contribution is -2.57. The Kier molecular flexibility index (Phi) is 5.08. The summed E-state index contributed by atoms with van der Waals surface area (Å²) in [7, 11) is 0. The SMILES string of the molecule is CC(C)NC(=O)C1COC2(CCCCC2)N1C(=O)c1cccc(F)c1. The van der Waals surface area contributed by atoms with Crippen LogP contribution in [0.25, 0.3) is 0 Å². The molecule has 1 heterocycles. The molecule has 1 unspecified atom stereocenters. The fraction of sp³-hybridized carbons (Fsp3) is 0.579. The monoisotopic (exact) mass is 348 g/mol. The number of nitrogens with zero attached hydrogens (tertiary/aromatic N) is 1. The van der Waals surface area contributed by atoms with Crippen LogP contribution in [0, 0.1) is 5.82 Å². The van der Waals surface area contributed by atoms with Crippen molar-refractivity contribution in [2.75, 3.05) is 6.61 Å². The van der Waals surface area contributed by atoms with E-state index in [0.717, 1.165) is 19.3 Å². The number of hydrogen-bond donors (Lipinski definition) is 1. The molecule has 1 spiro atoms. The van der Waals surface area contributed by atoms with Crippen molar-refractivity contribution in [2.45, 2.75) is 63.8 Å². The van der Waals surface area contributed by atoms with Gasteiger partial charge in [-0.1, -0.05) is 12.5 Å². The summed E-state index contributed by atoms with van der Waals surface area (Å²) in [5.74, 6) is -1.03. The quantitative estimate of drug-likeness (QED) is 0.914. The zero-order valence-corrected chi connectivity index (χ0v) is 14.8. The number of halogens is 1. The van der Waals surface area contributed by atoms with Crippen LogP contribution in [-0.4, -0.2) is 41.1 Å². The van der Waals surface area contributed by atoms with Crippen molar-refractivity contribution in [3.05, 3.63) is 35.6 Å². The first-order valence-corrected chi connectivity index (χ1v) is 8.96. The lowest BCUT2D eigenvalue weighted by molar-refractivity contribution is -0.127. The van der Waals surface area contributed by atoms with Gasteiger partial charge < -0.3 is 10.1 Å². The molecule has 2 aliphatic rings. The molecule has 1 N–H and O–H groups in total. The van der Waals surface area contributed by atoms with Gasteiger partial charge in [0.25, 0.3) is 5.91 Å². The molecule has 0 aromatic heterocycles. The molecule has 1 atom stereocenters. The van der Waals surface area contributed by atoms with Gasteiger partial charge in [0.15, 0.2) is 0 Å². The van der Waals surface area contributed by atoms with E-state index in [1.165, 1.54) is 18.2 Å². The molecule has 0 radical (unpaired) electrons. The Morgan fingerprint density at radius 3 is 2.64 bits per heavy atom. The van der Waals surface area contributed by atoms with E-state index < -0.39 is 17.6 Å². The van der Waals surface area contributed by atoms with Crippen LogP contribution < -0.4 is 5.32 Å². The molecule has 1 aromatic carbocycles. The number of benzene rings is 1. The van der Waals surface area contributed by atoms with E-state index in [1.807, 2.05) is 13.8 Å². The topological polar surface area (TPSA) is 58.6 Å². The predicted molar refractivity (Wildman–Crippen MR) is 91.4 cm³/mol. The van der Waals surface area contributed by atoms with Gasteiger partial charge in [0.2, 0.25) is 5.91 Å². The minimum Gasteiger partial charge on any atom is -0.353 e. The maximum atomic E-state index is 13.6. The molecule has 25 heavy (non-hydrogen) atoms. The molecule has 3 rings (SSSR count). The molecular formula is C19H25FN2O3. The lowest BCUT2D eigenvalue weighted by atomic mass is 9.89. The fourth-order valence-corrected chi connectivity index (χ4v) is 3.81. The Morgan fingerprint density at radius 2 is 2.00 bits per heavy atom. The molecule has 1 aromatic rings. The summed E-state index contributed by atoms with van der Waals surface area (Å²) < 4.78 is 19.6. The van der Waals surface area contributed by atoms with E-state index in [0.29, 0.717) is 12.8 Å². The van der Waals surface area contributed by atoms with E-state index >= 15 is 0 Å². The summed E-state index contributed by atoms with van der Waals surface area (Å²) in [4.78, 5) is 27.4. The third kappa shape index (κ3) is 3.54. The van der Waals surface area contributed by atoms with Crippen LogP contribution in [0.15, 0.2) is 24.3 Å². The molecule has 1 saturated carbocycles. The highest BCUT2D eigenvalue weighted by Gasteiger charge is 2.53. The molecule has 1 saturated heterocycles. The summed E-state index contributed by atoms with van der Waals surface area (Å²) in [6.45, 7) is 3.94. The Hall–Kier alpha value is -1.95. The number of nitrogens with one attached hydrogen (secondary N) is 1. The Bertz CT molecular complexity index is 656. The van der Waals surface area contributed by atoms with E-state index in [4.69, 9.17) is 4.74 Å². The fourth-order valence-electron chi connectivity index (χ4n) is 3.81. The second-order valence-corrected chi connectivity index (χ2v) is 7.18. The van der Waals surface area contributed by atoms with Gasteiger partial charge in [0.05, 0.1) is 6.61 Å². The minimum absolute atomic E-state index is 0.0264. The Morgan fingerprint density at radius 1 is 1.28 bits per heavy atom. The highest BCUT2D eigenvalue weighted by Crippen LogP contribution is 2.41. The van der Waals surface area contributed by atoms with Crippen LogP contribution >= 0.6 is 0 Å². The molecular weight excluding hydrogens is 323 g/mol. The Labute approximate surface area is 147 Å². The van der Waals surface area contributed by atoms with Crippen LogP contribution in [0.3, 0.4) is 0 Å². The van der Waals surface area contributed by atoms with E-state index in [-0.39, 0.29) is 30.0 Å². The van der Waals surface area contributed by atoms with Gasteiger partial charge in [-0.05, 0) is 57.7 Å². The van der Waals surface area contributed by atoms with Crippen molar-refractivity contribution in [1.82, 2.24) is 10.2 Å². The average Bonchev–Trinajstić information content (AvgIpc) is 2.93. The largest absolute Gasteiger partial charge is 0.353 e. The van der Waals surface area contributed by atoms with Crippen molar-refractivity contribution in [1.29, 1.82) is 0 Å². The van der Waals surface area contributed by atoms with Gasteiger partial charge in [-0.25, -0.2) is 4.39 Å². The van der Waals surface area contributed by atoms with E-state index in [2.05, 4.69) is 5.32 Å². The highest BCUT2D eigenvalue weighted by molar-refractivity contribution is 5.98. The van der Waals surface area contributed by atoms with Crippen LogP contribution in [0.5, 0.6) is 0 Å². The van der Waals surface area contributed by atoms with Crippen molar-refractivity contribution in [3.63, 3.8) is 0 Å². The summed E-state index contributed by atoms with van der Waals surface area (Å²) in [5.41, 5.74) is -0.501. The van der Waals surface area contributed by atoms with E-state index in [9.17, 15) is 14.0 Å². The lowest BCUT2D eigenvalue weighted by Gasteiger charge is -2.41. The number of carbonyl (C=O) groups excluding carboxylic acids is 2. The molecule has 2 fully saturated rings. The van der Waals surface area contributed by atoms with Gasteiger partial charge in [-0.2, -0.15) is 0 Å². The first-order valence-electron chi connectivity index (χ1n) is 8.96. The second-order valence-electron chi connectivity index (χ2n) is 7.18. The molecule has 6 heteroatoms. The zero-order valence-electron chi connectivity index (χ0n) is 14.8. The molecule has 1 aliphatic heterocycles. The first-order chi connectivity index (χ1) is 11.9. The smallest absolute Gasteiger partial charge is 0.256 e. The summed E-state index contributed by atoms with van der Waals surface area (Å²) in [6, 6.07) is 4.90. The van der Waals surface area contributed by atoms with Crippen LogP contribution in [0.2, 0.25) is 0 Å². The van der Waals surface area contributed by atoms with Crippen molar-refractivity contribution in [3.8, 4) is 0 Å². The molecule has 1 aliphatic carbocycles. The predicted octanol–water partition coefficient (Wildman–Crippen LogP) is 2.85. The van der Waals surface area contributed by atoms with Crippen LogP contribution in [-0.2, 0) is 9.53 Å². The summed E-state index contributed by atoms with van der Waals surface area (Å²) >= 11 is 0. The first kappa shape index (κ1) is 17.9. The number of rotatable bonds is 3. The van der Waals surface area contributed by atoms with Gasteiger partial charge >= 0.3 is 0 Å². The zero-order chi connectivity index (χ0) is 18.0. The van der Waals surface area contributed by atoms with Gasteiger partial charge in [0.1, 0.15) is 17.6 Å². The molecule has 2 amide bonds. The molecule has 0 bridgehead atoms. The van der Waals surface area contributed by atoms with E-state index in [1.54, 1.807) is 11.0 Å². The third-order valence-corrected chi connectivity index (χ3v) is 4.92. The highest BCUT2D eigenvalue weighted by atomic mass is 19.1. The summed E-state index contributed by atoms with van der Waals surface area (Å²) in [6.07, 6.45) is 4.41. The maximum absolute atomic E-state index is 13.6. The van der Waals surface area contributed by atoms with Crippen molar-refractivity contribution >= 4 is 11.8 Å². The van der Waals surface area contributed by atoms with Crippen molar-refractivity contribution < 1.29 is 18.7 Å². The number of hydrogen-bond acceptors (Lipinski definition) is 3.